The Hall–Kier alpha value is -3.20. The van der Waals surface area contributed by atoms with Crippen molar-refractivity contribution in [3.63, 3.8) is 0 Å². The van der Waals surface area contributed by atoms with Gasteiger partial charge in [-0.1, -0.05) is 6.58 Å². The zero-order chi connectivity index (χ0) is 29.4. The van der Waals surface area contributed by atoms with Gasteiger partial charge in [-0.15, -0.1) is 23.5 Å². The normalized spacial score (nSPS) is 10.8. The number of aliphatic hydroxyl groups is 1. The monoisotopic (exact) mass is 612 g/mol. The van der Waals surface area contributed by atoms with E-state index in [2.05, 4.69) is 17.2 Å². The lowest BCUT2D eigenvalue weighted by atomic mass is 10.4. The smallest absolute Gasteiger partial charge is 0.407 e. The van der Waals surface area contributed by atoms with Crippen LogP contribution in [0.25, 0.3) is 0 Å². The van der Waals surface area contributed by atoms with E-state index >= 15 is 0 Å². The molecule has 0 radical (unpaired) electrons. The van der Waals surface area contributed by atoms with Crippen LogP contribution < -0.4 is 10.6 Å². The Morgan fingerprint density at radius 1 is 0.775 bits per heavy atom. The third-order valence-electron chi connectivity index (χ3n) is 4.77. The van der Waals surface area contributed by atoms with E-state index < -0.39 is 28.0 Å². The lowest BCUT2D eigenvalue weighted by Gasteiger charge is -2.09. The maximum Gasteiger partial charge on any atom is 0.407 e. The van der Waals surface area contributed by atoms with Crippen LogP contribution in [0.2, 0.25) is 0 Å². The van der Waals surface area contributed by atoms with E-state index in [1.54, 1.807) is 24.3 Å². The van der Waals surface area contributed by atoms with Crippen molar-refractivity contribution >= 4 is 51.5 Å². The summed E-state index contributed by atoms with van der Waals surface area (Å²) in [5.41, 5.74) is 0.276. The maximum absolute atomic E-state index is 13.0. The molecule has 0 unspecified atom stereocenters. The first-order valence-corrected chi connectivity index (χ1v) is 15.5. The predicted molar refractivity (Wildman–Crippen MR) is 151 cm³/mol. The molecule has 0 saturated heterocycles. The molecule has 0 aliphatic rings. The summed E-state index contributed by atoms with van der Waals surface area (Å²) in [4.78, 5) is 36.2. The van der Waals surface area contributed by atoms with Gasteiger partial charge in [-0.3, -0.25) is 0 Å². The molecule has 0 aliphatic heterocycles. The van der Waals surface area contributed by atoms with E-state index in [1.807, 2.05) is 0 Å². The molecular formula is C26H32N2O9S3. The molecule has 0 bridgehead atoms. The first-order valence-electron chi connectivity index (χ1n) is 12.1. The second-order valence-electron chi connectivity index (χ2n) is 7.91. The number of hydrogen-bond donors (Lipinski definition) is 3. The first-order chi connectivity index (χ1) is 19.1. The standard InChI is InChI=1S/C26H32N2O9S3/c1-19(2)24(30)35-14-12-28-26(32)37-16-18-39-21-5-9-23(10-6-21)40(33,34)22-7-3-20(4-8-22)38-17-15-36-25(31)27-11-13-29/h3-10,29H,1,11-18H2,2H3,(H,27,31)(H,28,32). The molecule has 2 rings (SSSR count). The Bertz CT molecular complexity index is 1240. The number of alkyl carbamates (subject to hydrolysis) is 2. The number of ether oxygens (including phenoxy) is 3. The van der Waals surface area contributed by atoms with Crippen LogP contribution in [0.5, 0.6) is 0 Å². The van der Waals surface area contributed by atoms with Gasteiger partial charge in [0.05, 0.1) is 22.9 Å². The van der Waals surface area contributed by atoms with Gasteiger partial charge in [0.25, 0.3) is 0 Å². The maximum atomic E-state index is 13.0. The molecule has 2 aromatic carbocycles. The van der Waals surface area contributed by atoms with Crippen molar-refractivity contribution in [3.05, 3.63) is 60.7 Å². The van der Waals surface area contributed by atoms with E-state index in [4.69, 9.17) is 19.3 Å². The molecule has 11 nitrogen and oxygen atoms in total. The molecule has 0 atom stereocenters. The Balaban J connectivity index is 1.73. The van der Waals surface area contributed by atoms with Gasteiger partial charge in [-0.05, 0) is 55.5 Å². The highest BCUT2D eigenvalue weighted by Crippen LogP contribution is 2.26. The van der Waals surface area contributed by atoms with E-state index in [0.717, 1.165) is 9.79 Å². The number of amides is 2. The van der Waals surface area contributed by atoms with Crippen molar-refractivity contribution in [2.75, 3.05) is 51.0 Å². The van der Waals surface area contributed by atoms with Gasteiger partial charge in [0.15, 0.2) is 0 Å². The summed E-state index contributed by atoms with van der Waals surface area (Å²) in [5, 5.41) is 13.5. The van der Waals surface area contributed by atoms with E-state index in [9.17, 15) is 22.8 Å². The second-order valence-corrected chi connectivity index (χ2v) is 12.2. The lowest BCUT2D eigenvalue weighted by molar-refractivity contribution is -0.138. The highest BCUT2D eigenvalue weighted by molar-refractivity contribution is 7.99. The summed E-state index contributed by atoms with van der Waals surface area (Å²) < 4.78 is 40.9. The number of esters is 1. The summed E-state index contributed by atoms with van der Waals surface area (Å²) in [7, 11) is -3.71. The summed E-state index contributed by atoms with van der Waals surface area (Å²) in [6.45, 7) is 5.38. The second kappa shape index (κ2) is 17.5. The first kappa shape index (κ1) is 33.0. The van der Waals surface area contributed by atoms with Gasteiger partial charge in [0.1, 0.15) is 19.8 Å². The molecule has 0 spiro atoms. The van der Waals surface area contributed by atoms with Gasteiger partial charge in [-0.2, -0.15) is 0 Å². The fourth-order valence-corrected chi connectivity index (χ4v) is 5.56. The molecule has 0 saturated carbocycles. The minimum atomic E-state index is -3.71. The van der Waals surface area contributed by atoms with Crippen LogP contribution in [0.1, 0.15) is 6.92 Å². The van der Waals surface area contributed by atoms with Crippen LogP contribution in [0, 0.1) is 0 Å². The number of carbonyl (C=O) groups is 3. The quantitative estimate of drug-likeness (QED) is 0.0840. The number of hydrogen-bond acceptors (Lipinski definition) is 11. The minimum absolute atomic E-state index is 0.0118. The highest BCUT2D eigenvalue weighted by Gasteiger charge is 2.17. The molecule has 2 aromatic rings. The summed E-state index contributed by atoms with van der Waals surface area (Å²) in [6.07, 6.45) is -1.23. The Morgan fingerprint density at radius 2 is 1.23 bits per heavy atom. The van der Waals surface area contributed by atoms with Gasteiger partial charge >= 0.3 is 18.2 Å². The molecule has 40 heavy (non-hydrogen) atoms. The number of rotatable bonds is 16. The van der Waals surface area contributed by atoms with Gasteiger partial charge in [-0.25, -0.2) is 22.8 Å². The lowest BCUT2D eigenvalue weighted by Crippen LogP contribution is -2.29. The molecule has 218 valence electrons. The fourth-order valence-electron chi connectivity index (χ4n) is 2.83. The van der Waals surface area contributed by atoms with Gasteiger partial charge in [0.2, 0.25) is 9.84 Å². The van der Waals surface area contributed by atoms with Crippen LogP contribution in [0.3, 0.4) is 0 Å². The number of carbonyl (C=O) groups excluding carboxylic acids is 3. The van der Waals surface area contributed by atoms with Gasteiger partial charge in [0, 0.05) is 33.4 Å². The summed E-state index contributed by atoms with van der Waals surface area (Å²) in [5.74, 6) is 0.419. The third kappa shape index (κ3) is 11.9. The minimum Gasteiger partial charge on any atom is -0.460 e. The van der Waals surface area contributed by atoms with Gasteiger partial charge < -0.3 is 30.0 Å². The number of thioether (sulfide) groups is 2. The van der Waals surface area contributed by atoms with Crippen molar-refractivity contribution in [3.8, 4) is 0 Å². The largest absolute Gasteiger partial charge is 0.460 e. The zero-order valence-electron chi connectivity index (χ0n) is 21.9. The molecular weight excluding hydrogens is 580 g/mol. The molecule has 0 fully saturated rings. The van der Waals surface area contributed by atoms with Crippen LogP contribution >= 0.6 is 23.5 Å². The Kier molecular flexibility index (Phi) is 14.4. The van der Waals surface area contributed by atoms with Crippen LogP contribution in [0.4, 0.5) is 9.59 Å². The Morgan fingerprint density at radius 3 is 1.65 bits per heavy atom. The molecule has 0 aliphatic carbocycles. The average Bonchev–Trinajstić information content (AvgIpc) is 2.95. The van der Waals surface area contributed by atoms with Crippen molar-refractivity contribution in [1.29, 1.82) is 0 Å². The highest BCUT2D eigenvalue weighted by atomic mass is 32.2. The van der Waals surface area contributed by atoms with Crippen LogP contribution in [-0.2, 0) is 28.8 Å². The molecule has 3 N–H and O–H groups in total. The third-order valence-corrected chi connectivity index (χ3v) is 8.51. The molecule has 2 amide bonds. The van der Waals surface area contributed by atoms with Crippen molar-refractivity contribution in [1.82, 2.24) is 10.6 Å². The average molecular weight is 613 g/mol. The SMILES string of the molecule is C=C(C)C(=O)OCCNC(=O)OCCSc1ccc(S(=O)(=O)c2ccc(SCCOC(=O)NCCO)cc2)cc1. The van der Waals surface area contributed by atoms with Crippen LogP contribution in [0.15, 0.2) is 80.3 Å². The Labute approximate surface area is 241 Å². The van der Waals surface area contributed by atoms with Crippen molar-refractivity contribution in [2.24, 2.45) is 0 Å². The molecule has 0 aromatic heterocycles. The van der Waals surface area contributed by atoms with Crippen LogP contribution in [-0.4, -0.2) is 82.7 Å². The summed E-state index contributed by atoms with van der Waals surface area (Å²) >= 11 is 2.82. The number of aliphatic hydroxyl groups excluding tert-OH is 1. The van der Waals surface area contributed by atoms with E-state index in [1.165, 1.54) is 54.7 Å². The number of benzene rings is 2. The summed E-state index contributed by atoms with van der Waals surface area (Å²) in [6, 6.07) is 12.9. The number of nitrogens with one attached hydrogen (secondary N) is 2. The van der Waals surface area contributed by atoms with Crippen molar-refractivity contribution in [2.45, 2.75) is 26.5 Å². The molecule has 0 heterocycles. The number of sulfone groups is 1. The van der Waals surface area contributed by atoms with E-state index in [-0.39, 0.29) is 54.9 Å². The fraction of sp³-hybridized carbons (Fsp3) is 0.346. The molecule has 14 heteroatoms. The van der Waals surface area contributed by atoms with Crippen molar-refractivity contribution < 1.29 is 42.1 Å². The topological polar surface area (TPSA) is 157 Å². The predicted octanol–water partition coefficient (Wildman–Crippen LogP) is 3.27. The zero-order valence-corrected chi connectivity index (χ0v) is 24.4. The van der Waals surface area contributed by atoms with E-state index in [0.29, 0.717) is 11.5 Å².